The third-order valence-corrected chi connectivity index (χ3v) is 5.83. The van der Waals surface area contributed by atoms with Crippen LogP contribution < -0.4 is 10.6 Å². The van der Waals surface area contributed by atoms with Gasteiger partial charge in [0.2, 0.25) is 0 Å². The number of likely N-dealkylation sites (N-methyl/N-ethyl adjacent to an activating group) is 1. The van der Waals surface area contributed by atoms with E-state index in [2.05, 4.69) is 10.6 Å². The number of urea groups is 1. The maximum Gasteiger partial charge on any atom is 0.341 e. The van der Waals surface area contributed by atoms with Gasteiger partial charge in [-0.2, -0.15) is 0 Å². The summed E-state index contributed by atoms with van der Waals surface area (Å²) in [5.74, 6) is -1.32. The van der Waals surface area contributed by atoms with Crippen molar-refractivity contribution in [3.8, 4) is 0 Å². The lowest BCUT2D eigenvalue weighted by Crippen LogP contribution is -2.55. The van der Waals surface area contributed by atoms with Crippen LogP contribution in [0.25, 0.3) is 0 Å². The molecule has 1 saturated carbocycles. The van der Waals surface area contributed by atoms with E-state index in [4.69, 9.17) is 9.84 Å². The lowest BCUT2D eigenvalue weighted by molar-refractivity contribution is -0.139. The van der Waals surface area contributed by atoms with Crippen molar-refractivity contribution in [1.82, 2.24) is 10.2 Å². The molecular formula is C17H25N3O5S. The van der Waals surface area contributed by atoms with Crippen LogP contribution in [0.4, 0.5) is 9.80 Å². The number of ether oxygens (including phenoxy) is 1. The summed E-state index contributed by atoms with van der Waals surface area (Å²) in [6, 6.07) is -0.217. The number of aryl methyl sites for hydroxylation is 1. The van der Waals surface area contributed by atoms with E-state index in [1.54, 1.807) is 0 Å². The number of nitrogens with zero attached hydrogens (tertiary/aromatic N) is 1. The Morgan fingerprint density at radius 1 is 1.31 bits per heavy atom. The molecule has 0 unspecified atom stereocenters. The van der Waals surface area contributed by atoms with E-state index in [0.29, 0.717) is 30.0 Å². The lowest BCUT2D eigenvalue weighted by atomic mass is 9.85. The van der Waals surface area contributed by atoms with E-state index in [0.717, 1.165) is 10.4 Å². The average molecular weight is 383 g/mol. The number of hydrogen-bond acceptors (Lipinski definition) is 6. The largest absolute Gasteiger partial charge is 0.480 e. The van der Waals surface area contributed by atoms with Crippen molar-refractivity contribution in [3.05, 3.63) is 16.0 Å². The number of hydrogen-bond donors (Lipinski definition) is 3. The molecule has 8 nitrogen and oxygen atoms in total. The van der Waals surface area contributed by atoms with Crippen molar-refractivity contribution in [1.29, 1.82) is 0 Å². The zero-order valence-corrected chi connectivity index (χ0v) is 16.2. The van der Waals surface area contributed by atoms with Crippen molar-refractivity contribution in [3.63, 3.8) is 0 Å². The van der Waals surface area contributed by atoms with Crippen molar-refractivity contribution < 1.29 is 24.2 Å². The van der Waals surface area contributed by atoms with E-state index in [1.165, 1.54) is 18.4 Å². The van der Waals surface area contributed by atoms with Crippen LogP contribution in [0.15, 0.2) is 0 Å². The molecule has 0 radical (unpaired) electrons. The number of carboxylic acid groups (broad SMARTS) is 1. The SMILES string of the molecule is CCN(CC(=O)O)C1CC(NC(=O)Nc2sc(C)c(C)c2C(=O)OC)C1. The Morgan fingerprint density at radius 2 is 1.96 bits per heavy atom. The average Bonchev–Trinajstić information content (AvgIpc) is 2.81. The smallest absolute Gasteiger partial charge is 0.341 e. The van der Waals surface area contributed by atoms with Crippen LogP contribution in [0.3, 0.4) is 0 Å². The van der Waals surface area contributed by atoms with Gasteiger partial charge >= 0.3 is 18.0 Å². The minimum atomic E-state index is -0.847. The Labute approximate surface area is 156 Å². The van der Waals surface area contributed by atoms with Gasteiger partial charge in [-0.3, -0.25) is 15.0 Å². The summed E-state index contributed by atoms with van der Waals surface area (Å²) in [6.07, 6.45) is 1.42. The molecule has 1 aromatic rings. The van der Waals surface area contributed by atoms with Crippen LogP contribution >= 0.6 is 11.3 Å². The monoisotopic (exact) mass is 383 g/mol. The first-order valence-corrected chi connectivity index (χ1v) is 9.30. The predicted molar refractivity (Wildman–Crippen MR) is 99.0 cm³/mol. The number of carbonyl (C=O) groups excluding carboxylic acids is 2. The predicted octanol–water partition coefficient (Wildman–Crippen LogP) is 2.21. The number of aliphatic carboxylic acids is 1. The Balaban J connectivity index is 1.90. The fourth-order valence-corrected chi connectivity index (χ4v) is 4.11. The molecule has 2 amide bonds. The molecule has 0 spiro atoms. The maximum absolute atomic E-state index is 12.2. The minimum absolute atomic E-state index is 0.00780. The van der Waals surface area contributed by atoms with Gasteiger partial charge in [-0.25, -0.2) is 9.59 Å². The van der Waals surface area contributed by atoms with Crippen LogP contribution in [-0.2, 0) is 9.53 Å². The summed E-state index contributed by atoms with van der Waals surface area (Å²) in [6.45, 7) is 6.29. The summed E-state index contributed by atoms with van der Waals surface area (Å²) < 4.78 is 4.79. The Kier molecular flexibility index (Phi) is 6.60. The van der Waals surface area contributed by atoms with Gasteiger partial charge in [0.1, 0.15) is 5.00 Å². The molecule has 1 aliphatic rings. The molecule has 2 rings (SSSR count). The molecule has 0 atom stereocenters. The number of carbonyl (C=O) groups is 3. The topological polar surface area (TPSA) is 108 Å². The quantitative estimate of drug-likeness (QED) is 0.623. The van der Waals surface area contributed by atoms with E-state index in [1.807, 2.05) is 25.7 Å². The van der Waals surface area contributed by atoms with Gasteiger partial charge in [0.25, 0.3) is 0 Å². The van der Waals surface area contributed by atoms with Crippen molar-refractivity contribution in [2.45, 2.75) is 45.7 Å². The normalized spacial score (nSPS) is 19.0. The fourth-order valence-electron chi connectivity index (χ4n) is 3.06. The number of anilines is 1. The minimum Gasteiger partial charge on any atom is -0.480 e. The molecule has 0 saturated heterocycles. The van der Waals surface area contributed by atoms with Gasteiger partial charge in [-0.1, -0.05) is 6.92 Å². The van der Waals surface area contributed by atoms with E-state index < -0.39 is 11.9 Å². The van der Waals surface area contributed by atoms with E-state index >= 15 is 0 Å². The summed E-state index contributed by atoms with van der Waals surface area (Å²) >= 11 is 1.34. The second kappa shape index (κ2) is 8.50. The highest BCUT2D eigenvalue weighted by molar-refractivity contribution is 7.16. The Hall–Kier alpha value is -2.13. The van der Waals surface area contributed by atoms with E-state index in [9.17, 15) is 14.4 Å². The highest BCUT2D eigenvalue weighted by atomic mass is 32.1. The van der Waals surface area contributed by atoms with Gasteiger partial charge in [0.05, 0.1) is 19.2 Å². The second-order valence-electron chi connectivity index (χ2n) is 6.36. The molecule has 0 bridgehead atoms. The molecule has 144 valence electrons. The summed E-state index contributed by atoms with van der Waals surface area (Å²) in [5.41, 5.74) is 1.18. The zero-order valence-electron chi connectivity index (χ0n) is 15.4. The first-order valence-electron chi connectivity index (χ1n) is 8.48. The molecule has 9 heteroatoms. The fraction of sp³-hybridized carbons (Fsp3) is 0.588. The number of amides is 2. The molecule has 0 aliphatic heterocycles. The number of thiophene rings is 1. The number of carboxylic acids is 1. The first kappa shape index (κ1) is 20.2. The second-order valence-corrected chi connectivity index (χ2v) is 7.58. The van der Waals surface area contributed by atoms with Crippen molar-refractivity contribution in [2.24, 2.45) is 0 Å². The number of methoxy groups -OCH3 is 1. The number of rotatable bonds is 7. The zero-order chi connectivity index (χ0) is 19.4. The van der Waals surface area contributed by atoms with Crippen LogP contribution in [-0.4, -0.2) is 60.3 Å². The molecule has 26 heavy (non-hydrogen) atoms. The maximum atomic E-state index is 12.2. The Morgan fingerprint density at radius 3 is 2.50 bits per heavy atom. The van der Waals surface area contributed by atoms with Gasteiger partial charge < -0.3 is 15.2 Å². The third kappa shape index (κ3) is 4.53. The van der Waals surface area contributed by atoms with Crippen LogP contribution in [0, 0.1) is 13.8 Å². The highest BCUT2D eigenvalue weighted by Crippen LogP contribution is 2.33. The standard InChI is InChI=1S/C17H25N3O5S/c1-5-20(8-13(21)22)12-6-11(7-12)18-17(24)19-15-14(16(23)25-4)9(2)10(3)26-15/h11-12H,5-8H2,1-4H3,(H,21,22)(H2,18,19,24). The molecule has 1 aliphatic carbocycles. The lowest BCUT2D eigenvalue weighted by Gasteiger charge is -2.42. The molecule has 3 N–H and O–H groups in total. The van der Waals surface area contributed by atoms with Crippen LogP contribution in [0.5, 0.6) is 0 Å². The van der Waals surface area contributed by atoms with Crippen LogP contribution in [0.2, 0.25) is 0 Å². The summed E-state index contributed by atoms with van der Waals surface area (Å²) in [5, 5.41) is 15.0. The van der Waals surface area contributed by atoms with Gasteiger partial charge in [-0.05, 0) is 38.8 Å². The number of esters is 1. The Bertz CT molecular complexity index is 697. The summed E-state index contributed by atoms with van der Waals surface area (Å²) in [7, 11) is 1.31. The van der Waals surface area contributed by atoms with Crippen molar-refractivity contribution >= 4 is 34.3 Å². The van der Waals surface area contributed by atoms with Gasteiger partial charge in [0, 0.05) is 17.0 Å². The highest BCUT2D eigenvalue weighted by Gasteiger charge is 2.35. The molecular weight excluding hydrogens is 358 g/mol. The number of nitrogens with one attached hydrogen (secondary N) is 2. The molecule has 1 fully saturated rings. The summed E-state index contributed by atoms with van der Waals surface area (Å²) in [4.78, 5) is 37.9. The van der Waals surface area contributed by atoms with Gasteiger partial charge in [-0.15, -0.1) is 11.3 Å². The van der Waals surface area contributed by atoms with Gasteiger partial charge in [0.15, 0.2) is 0 Å². The molecule has 1 heterocycles. The van der Waals surface area contributed by atoms with Crippen molar-refractivity contribution in [2.75, 3.05) is 25.5 Å². The van der Waals surface area contributed by atoms with E-state index in [-0.39, 0.29) is 24.7 Å². The molecule has 1 aromatic heterocycles. The third-order valence-electron chi connectivity index (χ3n) is 4.71. The van der Waals surface area contributed by atoms with Crippen LogP contribution in [0.1, 0.15) is 40.6 Å². The first-order chi connectivity index (χ1) is 12.3. The molecule has 0 aromatic carbocycles.